The molecule has 5 heteroatoms. The van der Waals surface area contributed by atoms with Crippen LogP contribution >= 0.6 is 0 Å². The van der Waals surface area contributed by atoms with Gasteiger partial charge in [0, 0.05) is 13.2 Å². The predicted molar refractivity (Wildman–Crippen MR) is 45.1 cm³/mol. The van der Waals surface area contributed by atoms with E-state index in [0.29, 0.717) is 0 Å². The number of ether oxygens (including phenoxy) is 1. The van der Waals surface area contributed by atoms with Crippen LogP contribution in [0.4, 0.5) is 0 Å². The first-order chi connectivity index (χ1) is 4.41. The summed E-state index contributed by atoms with van der Waals surface area (Å²) in [5, 5.41) is 0. The summed E-state index contributed by atoms with van der Waals surface area (Å²) in [5.74, 6) is 0. The number of hydrogen-bond donors (Lipinski definition) is 0. The molecule has 0 aromatic rings. The minimum atomic E-state index is 0. The zero-order valence-corrected chi connectivity index (χ0v) is 18.7. The average Bonchev–Trinajstić information content (AvgIpc) is 1.89. The van der Waals surface area contributed by atoms with Gasteiger partial charge in [-0.1, -0.05) is 26.7 Å². The number of hydrogen-bond acceptors (Lipinski definition) is 1. The second kappa shape index (κ2) is 29.7. The molecular weight excluding hydrogens is 204 g/mol. The van der Waals surface area contributed by atoms with Crippen molar-refractivity contribution < 1.29 is 129 Å². The van der Waals surface area contributed by atoms with Crippen molar-refractivity contribution in [2.75, 3.05) is 13.2 Å². The molecule has 0 aliphatic heterocycles. The van der Waals surface area contributed by atoms with Crippen molar-refractivity contribution in [2.45, 2.75) is 39.5 Å². The van der Waals surface area contributed by atoms with Gasteiger partial charge in [0.2, 0.25) is 0 Å². The molecule has 0 heterocycles. The van der Waals surface area contributed by atoms with Crippen LogP contribution in [0.2, 0.25) is 0 Å². The third-order valence-electron chi connectivity index (χ3n) is 1.28. The molecule has 0 fully saturated rings. The Balaban J connectivity index is -0.0000000114. The van der Waals surface area contributed by atoms with Gasteiger partial charge in [-0.3, -0.25) is 0 Å². The van der Waals surface area contributed by atoms with Gasteiger partial charge in [0.15, 0.2) is 0 Å². The Kier molecular flexibility index (Phi) is 69.1. The fourth-order valence-corrected chi connectivity index (χ4v) is 0.595. The number of rotatable bonds is 6. The molecule has 0 atom stereocenters. The summed E-state index contributed by atoms with van der Waals surface area (Å²) in [6.45, 7) is 6.28. The van der Waals surface area contributed by atoms with E-state index in [1.807, 2.05) is 0 Å². The Morgan fingerprint density at radius 2 is 1.08 bits per heavy atom. The molecule has 13 heavy (non-hydrogen) atoms. The average molecular weight is 226 g/mol. The summed E-state index contributed by atoms with van der Waals surface area (Å²) in [4.78, 5) is 0. The van der Waals surface area contributed by atoms with Gasteiger partial charge >= 0.3 is 118 Å². The van der Waals surface area contributed by atoms with Crippen LogP contribution < -0.4 is 118 Å². The van der Waals surface area contributed by atoms with Gasteiger partial charge in [0.25, 0.3) is 0 Å². The monoisotopic (exact) mass is 226 g/mol. The molecule has 0 saturated carbocycles. The molecule has 0 rings (SSSR count). The van der Waals surface area contributed by atoms with Gasteiger partial charge in [-0.15, -0.1) is 0 Å². The SMILES string of the molecule is CCCCOCCCC.[H-].[H-].[H-].[H-].[Na+].[Na+].[Na+].[Na+]. The quantitative estimate of drug-likeness (QED) is 0.323. The minimum absolute atomic E-state index is 0. The largest absolute Gasteiger partial charge is 1.00 e. The second-order valence-corrected chi connectivity index (χ2v) is 2.32. The van der Waals surface area contributed by atoms with Crippen molar-refractivity contribution >= 4 is 0 Å². The first kappa shape index (κ1) is 30.2. The van der Waals surface area contributed by atoms with Gasteiger partial charge < -0.3 is 10.4 Å². The van der Waals surface area contributed by atoms with Crippen molar-refractivity contribution in [1.29, 1.82) is 0 Å². The molecule has 0 bridgehead atoms. The summed E-state index contributed by atoms with van der Waals surface area (Å²) >= 11 is 0. The zero-order valence-electron chi connectivity index (χ0n) is 14.7. The topological polar surface area (TPSA) is 9.23 Å². The summed E-state index contributed by atoms with van der Waals surface area (Å²) in [5.41, 5.74) is 0. The molecule has 0 saturated heterocycles. The van der Waals surface area contributed by atoms with Crippen molar-refractivity contribution in [1.82, 2.24) is 0 Å². The Bertz CT molecular complexity index is 62.8. The van der Waals surface area contributed by atoms with Crippen LogP contribution in [0.15, 0.2) is 0 Å². The van der Waals surface area contributed by atoms with E-state index in [-0.39, 0.29) is 124 Å². The van der Waals surface area contributed by atoms with Crippen molar-refractivity contribution in [2.24, 2.45) is 0 Å². The third kappa shape index (κ3) is 31.4. The molecule has 1 nitrogen and oxygen atoms in total. The van der Waals surface area contributed by atoms with Gasteiger partial charge in [0.1, 0.15) is 0 Å². The van der Waals surface area contributed by atoms with Crippen LogP contribution in [0.1, 0.15) is 45.2 Å². The number of unbranched alkanes of at least 4 members (excludes halogenated alkanes) is 2. The Morgan fingerprint density at radius 3 is 1.31 bits per heavy atom. The zero-order chi connectivity index (χ0) is 6.95. The van der Waals surface area contributed by atoms with E-state index in [1.54, 1.807) is 0 Å². The summed E-state index contributed by atoms with van der Waals surface area (Å²) < 4.78 is 5.31. The molecule has 0 N–H and O–H groups in total. The Morgan fingerprint density at radius 1 is 0.769 bits per heavy atom. The predicted octanol–water partition coefficient (Wildman–Crippen LogP) is -8.93. The maximum Gasteiger partial charge on any atom is 1.00 e. The van der Waals surface area contributed by atoms with Gasteiger partial charge in [0.05, 0.1) is 0 Å². The molecule has 0 spiro atoms. The van der Waals surface area contributed by atoms with E-state index in [0.717, 1.165) is 13.2 Å². The van der Waals surface area contributed by atoms with Crippen LogP contribution in [0.25, 0.3) is 0 Å². The van der Waals surface area contributed by atoms with Crippen molar-refractivity contribution in [3.8, 4) is 0 Å². The minimum Gasteiger partial charge on any atom is -1.00 e. The normalized spacial score (nSPS) is 6.92. The fraction of sp³-hybridized carbons (Fsp3) is 1.00. The van der Waals surface area contributed by atoms with Gasteiger partial charge in [-0.2, -0.15) is 0 Å². The van der Waals surface area contributed by atoms with Crippen LogP contribution in [-0.2, 0) is 4.74 Å². The maximum atomic E-state index is 5.31. The summed E-state index contributed by atoms with van der Waals surface area (Å²) in [6.07, 6.45) is 4.91. The van der Waals surface area contributed by atoms with E-state index in [9.17, 15) is 0 Å². The Labute approximate surface area is 178 Å². The molecule has 0 amide bonds. The van der Waals surface area contributed by atoms with Crippen LogP contribution in [0.3, 0.4) is 0 Å². The Hall–Kier alpha value is 3.96. The van der Waals surface area contributed by atoms with Crippen LogP contribution in [0.5, 0.6) is 0 Å². The van der Waals surface area contributed by atoms with E-state index in [1.165, 1.54) is 25.7 Å². The maximum absolute atomic E-state index is 5.31. The van der Waals surface area contributed by atoms with Gasteiger partial charge in [-0.25, -0.2) is 0 Å². The first-order valence-electron chi connectivity index (χ1n) is 3.99. The molecule has 0 unspecified atom stereocenters. The molecule has 0 aliphatic rings. The second-order valence-electron chi connectivity index (χ2n) is 2.32. The molecule has 64 valence electrons. The molecule has 0 aromatic heterocycles. The smallest absolute Gasteiger partial charge is 1.00 e. The molecule has 0 aromatic carbocycles. The first-order valence-corrected chi connectivity index (χ1v) is 3.99. The third-order valence-corrected chi connectivity index (χ3v) is 1.28. The standard InChI is InChI=1S/C8H18O.4Na.4H/c1-3-5-7-9-8-6-4-2;;;;;;;;/h3-8H2,1-2H3;;;;;;;;/q;4*+1;4*-1. The van der Waals surface area contributed by atoms with Crippen molar-refractivity contribution in [3.63, 3.8) is 0 Å². The molecule has 0 radical (unpaired) electrons. The van der Waals surface area contributed by atoms with Gasteiger partial charge in [-0.05, 0) is 12.8 Å². The summed E-state index contributed by atoms with van der Waals surface area (Å²) in [7, 11) is 0. The van der Waals surface area contributed by atoms with E-state index in [2.05, 4.69) is 13.8 Å². The van der Waals surface area contributed by atoms with Crippen LogP contribution in [-0.4, -0.2) is 13.2 Å². The fourth-order valence-electron chi connectivity index (χ4n) is 0.595. The summed E-state index contributed by atoms with van der Waals surface area (Å²) in [6, 6.07) is 0. The van der Waals surface area contributed by atoms with Crippen LogP contribution in [0, 0.1) is 0 Å². The van der Waals surface area contributed by atoms with E-state index >= 15 is 0 Å². The van der Waals surface area contributed by atoms with Crippen molar-refractivity contribution in [3.05, 3.63) is 0 Å². The van der Waals surface area contributed by atoms with E-state index < -0.39 is 0 Å². The molecular formula is C8H22Na4O. The van der Waals surface area contributed by atoms with E-state index in [4.69, 9.17) is 4.74 Å². The molecule has 0 aliphatic carbocycles.